The molecule has 0 spiro atoms. The highest BCUT2D eigenvalue weighted by molar-refractivity contribution is 7.15. The van der Waals surface area contributed by atoms with Gasteiger partial charge in [-0.15, -0.1) is 11.3 Å². The van der Waals surface area contributed by atoms with E-state index >= 15 is 0 Å². The number of carbonyl (C=O) groups is 1. The SMILES string of the molecule is CCc1cnc(NC(=O)NCC(C)(O)c2ccc(C)o2)s1. The van der Waals surface area contributed by atoms with Crippen molar-refractivity contribution in [1.29, 1.82) is 0 Å². The normalized spacial score (nSPS) is 13.7. The molecule has 2 aromatic heterocycles. The Kier molecular flexibility index (Phi) is 4.64. The predicted molar refractivity (Wildman–Crippen MR) is 81.5 cm³/mol. The van der Waals surface area contributed by atoms with E-state index in [1.54, 1.807) is 32.2 Å². The first-order valence-electron chi connectivity index (χ1n) is 6.69. The summed E-state index contributed by atoms with van der Waals surface area (Å²) in [6.45, 7) is 5.45. The number of hydrogen-bond acceptors (Lipinski definition) is 5. The molecule has 0 radical (unpaired) electrons. The zero-order valence-corrected chi connectivity index (χ0v) is 13.1. The number of thiazole rings is 1. The van der Waals surface area contributed by atoms with Crippen LogP contribution in [0.2, 0.25) is 0 Å². The standard InChI is InChI=1S/C14H19N3O3S/c1-4-10-7-15-13(21-10)17-12(18)16-8-14(3,19)11-6-5-9(2)20-11/h5-7,19H,4,8H2,1-3H3,(H2,15,16,17,18). The Labute approximate surface area is 127 Å². The number of nitrogens with one attached hydrogen (secondary N) is 2. The van der Waals surface area contributed by atoms with Gasteiger partial charge in [-0.2, -0.15) is 0 Å². The zero-order chi connectivity index (χ0) is 15.5. The lowest BCUT2D eigenvalue weighted by molar-refractivity contribution is 0.0364. The molecule has 0 saturated carbocycles. The van der Waals surface area contributed by atoms with E-state index in [1.807, 2.05) is 6.92 Å². The first-order chi connectivity index (χ1) is 9.90. The molecule has 0 aliphatic rings. The van der Waals surface area contributed by atoms with Gasteiger partial charge in [0, 0.05) is 11.1 Å². The predicted octanol–water partition coefficient (Wildman–Crippen LogP) is 2.64. The summed E-state index contributed by atoms with van der Waals surface area (Å²) >= 11 is 1.43. The number of aromatic nitrogens is 1. The number of anilines is 1. The fraction of sp³-hybridized carbons (Fsp3) is 0.429. The van der Waals surface area contributed by atoms with Crippen molar-refractivity contribution in [2.24, 2.45) is 0 Å². The van der Waals surface area contributed by atoms with Crippen LogP contribution in [0.3, 0.4) is 0 Å². The highest BCUT2D eigenvalue weighted by Gasteiger charge is 2.27. The number of rotatable bonds is 5. The number of carbonyl (C=O) groups excluding carboxylic acids is 1. The van der Waals surface area contributed by atoms with E-state index in [9.17, 15) is 9.90 Å². The summed E-state index contributed by atoms with van der Waals surface area (Å²) in [5, 5.41) is 16.1. The van der Waals surface area contributed by atoms with E-state index in [2.05, 4.69) is 15.6 Å². The molecule has 1 unspecified atom stereocenters. The van der Waals surface area contributed by atoms with Crippen LogP contribution in [0.4, 0.5) is 9.93 Å². The molecule has 2 heterocycles. The molecule has 21 heavy (non-hydrogen) atoms. The van der Waals surface area contributed by atoms with Crippen molar-refractivity contribution in [2.75, 3.05) is 11.9 Å². The van der Waals surface area contributed by atoms with Gasteiger partial charge in [0.25, 0.3) is 0 Å². The van der Waals surface area contributed by atoms with E-state index in [0.717, 1.165) is 11.3 Å². The van der Waals surface area contributed by atoms with Crippen LogP contribution in [0.15, 0.2) is 22.7 Å². The van der Waals surface area contributed by atoms with Crippen molar-refractivity contribution < 1.29 is 14.3 Å². The summed E-state index contributed by atoms with van der Waals surface area (Å²) in [7, 11) is 0. The maximum absolute atomic E-state index is 11.8. The van der Waals surface area contributed by atoms with Crippen molar-refractivity contribution in [1.82, 2.24) is 10.3 Å². The number of urea groups is 1. The van der Waals surface area contributed by atoms with Crippen LogP contribution in [0.1, 0.15) is 30.2 Å². The summed E-state index contributed by atoms with van der Waals surface area (Å²) in [4.78, 5) is 17.0. The van der Waals surface area contributed by atoms with E-state index in [4.69, 9.17) is 4.42 Å². The fourth-order valence-corrected chi connectivity index (χ4v) is 2.48. The molecule has 1 atom stereocenters. The number of amides is 2. The molecule has 2 aromatic rings. The average Bonchev–Trinajstić information content (AvgIpc) is 3.06. The van der Waals surface area contributed by atoms with Crippen molar-refractivity contribution in [3.05, 3.63) is 34.7 Å². The van der Waals surface area contributed by atoms with Crippen LogP contribution in [-0.4, -0.2) is 22.7 Å². The molecular weight excluding hydrogens is 290 g/mol. The summed E-state index contributed by atoms with van der Waals surface area (Å²) in [5.74, 6) is 1.13. The van der Waals surface area contributed by atoms with E-state index in [-0.39, 0.29) is 6.54 Å². The minimum atomic E-state index is -1.26. The molecule has 3 N–H and O–H groups in total. The van der Waals surface area contributed by atoms with Crippen LogP contribution < -0.4 is 10.6 Å². The minimum Gasteiger partial charge on any atom is -0.463 e. The number of aryl methyl sites for hydroxylation is 2. The Bertz CT molecular complexity index is 619. The van der Waals surface area contributed by atoms with Crippen molar-refractivity contribution in [2.45, 2.75) is 32.8 Å². The minimum absolute atomic E-state index is 0.0395. The highest BCUT2D eigenvalue weighted by atomic mass is 32.1. The Morgan fingerprint density at radius 2 is 2.29 bits per heavy atom. The molecule has 0 fully saturated rings. The van der Waals surface area contributed by atoms with Gasteiger partial charge in [-0.1, -0.05) is 6.92 Å². The average molecular weight is 309 g/mol. The van der Waals surface area contributed by atoms with Gasteiger partial charge in [0.05, 0.1) is 6.54 Å². The molecule has 0 bridgehead atoms. The van der Waals surface area contributed by atoms with Gasteiger partial charge in [-0.05, 0) is 32.4 Å². The second kappa shape index (κ2) is 6.28. The van der Waals surface area contributed by atoms with Crippen molar-refractivity contribution in [3.8, 4) is 0 Å². The third kappa shape index (κ3) is 4.05. The maximum atomic E-state index is 11.8. The zero-order valence-electron chi connectivity index (χ0n) is 12.3. The molecular formula is C14H19N3O3S. The molecule has 0 aliphatic heterocycles. The van der Waals surface area contributed by atoms with Gasteiger partial charge in [-0.3, -0.25) is 5.32 Å². The van der Waals surface area contributed by atoms with E-state index in [0.29, 0.717) is 16.7 Å². The number of hydrogen-bond donors (Lipinski definition) is 3. The van der Waals surface area contributed by atoms with Crippen LogP contribution in [0.5, 0.6) is 0 Å². The molecule has 0 aromatic carbocycles. The molecule has 114 valence electrons. The van der Waals surface area contributed by atoms with Crippen LogP contribution in [0.25, 0.3) is 0 Å². The van der Waals surface area contributed by atoms with Gasteiger partial charge in [0.15, 0.2) is 5.13 Å². The first kappa shape index (κ1) is 15.5. The largest absolute Gasteiger partial charge is 0.463 e. The lowest BCUT2D eigenvalue weighted by atomic mass is 10.0. The van der Waals surface area contributed by atoms with Crippen LogP contribution in [-0.2, 0) is 12.0 Å². The van der Waals surface area contributed by atoms with Gasteiger partial charge < -0.3 is 14.8 Å². The molecule has 0 aliphatic carbocycles. The summed E-state index contributed by atoms with van der Waals surface area (Å²) in [6, 6.07) is 3.06. The van der Waals surface area contributed by atoms with Crippen LogP contribution >= 0.6 is 11.3 Å². The number of nitrogens with zero attached hydrogens (tertiary/aromatic N) is 1. The maximum Gasteiger partial charge on any atom is 0.321 e. The van der Waals surface area contributed by atoms with Crippen molar-refractivity contribution >= 4 is 22.5 Å². The van der Waals surface area contributed by atoms with Crippen molar-refractivity contribution in [3.63, 3.8) is 0 Å². The quantitative estimate of drug-likeness (QED) is 0.792. The molecule has 0 saturated heterocycles. The molecule has 7 heteroatoms. The third-order valence-corrected chi connectivity index (χ3v) is 4.04. The second-order valence-electron chi connectivity index (χ2n) is 4.98. The lowest BCUT2D eigenvalue weighted by Gasteiger charge is -2.21. The lowest BCUT2D eigenvalue weighted by Crippen LogP contribution is -2.40. The fourth-order valence-electron chi connectivity index (χ4n) is 1.73. The Morgan fingerprint density at radius 3 is 2.86 bits per heavy atom. The first-order valence-corrected chi connectivity index (χ1v) is 7.51. The Hall–Kier alpha value is -1.86. The van der Waals surface area contributed by atoms with Crippen LogP contribution in [0, 0.1) is 6.92 Å². The second-order valence-corrected chi connectivity index (χ2v) is 6.09. The topological polar surface area (TPSA) is 87.4 Å². The monoisotopic (exact) mass is 309 g/mol. The number of aliphatic hydroxyl groups is 1. The number of furan rings is 1. The summed E-state index contributed by atoms with van der Waals surface area (Å²) < 4.78 is 5.38. The van der Waals surface area contributed by atoms with E-state index < -0.39 is 11.6 Å². The smallest absolute Gasteiger partial charge is 0.321 e. The molecule has 2 amide bonds. The molecule has 6 nitrogen and oxygen atoms in total. The Morgan fingerprint density at radius 1 is 1.52 bits per heavy atom. The summed E-state index contributed by atoms with van der Waals surface area (Å²) in [6.07, 6.45) is 2.62. The Balaban J connectivity index is 1.88. The summed E-state index contributed by atoms with van der Waals surface area (Å²) in [5.41, 5.74) is -1.26. The van der Waals surface area contributed by atoms with E-state index in [1.165, 1.54) is 11.3 Å². The van der Waals surface area contributed by atoms with Gasteiger partial charge >= 0.3 is 6.03 Å². The third-order valence-electron chi connectivity index (χ3n) is 2.99. The highest BCUT2D eigenvalue weighted by Crippen LogP contribution is 2.22. The van der Waals surface area contributed by atoms with Gasteiger partial charge in [0.1, 0.15) is 17.1 Å². The molecule has 2 rings (SSSR count). The van der Waals surface area contributed by atoms with Gasteiger partial charge in [0.2, 0.25) is 0 Å². The van der Waals surface area contributed by atoms with Gasteiger partial charge in [-0.25, -0.2) is 9.78 Å².